The van der Waals surface area contributed by atoms with E-state index >= 15 is 0 Å². The van der Waals surface area contributed by atoms with Crippen molar-refractivity contribution in [2.24, 2.45) is 5.92 Å². The zero-order valence-electron chi connectivity index (χ0n) is 11.3. The molecular weight excluding hydrogens is 246 g/mol. The maximum Gasteiger partial charge on any atom is 0.265 e. The highest BCUT2D eigenvalue weighted by Crippen LogP contribution is 2.34. The van der Waals surface area contributed by atoms with Crippen molar-refractivity contribution in [2.45, 2.75) is 19.8 Å². The van der Waals surface area contributed by atoms with Gasteiger partial charge < -0.3 is 15.5 Å². The molecule has 2 heterocycles. The molecule has 0 spiro atoms. The Morgan fingerprint density at radius 3 is 2.61 bits per heavy atom. The molecule has 0 radical (unpaired) electrons. The van der Waals surface area contributed by atoms with E-state index in [0.717, 1.165) is 24.0 Å². The zero-order chi connectivity index (χ0) is 13.3. The first kappa shape index (κ1) is 13.2. The predicted octanol–water partition coefficient (Wildman–Crippen LogP) is 2.27. The lowest BCUT2D eigenvalue weighted by Gasteiger charge is -2.30. The molecule has 1 aromatic heterocycles. The Hall–Kier alpha value is -1.23. The molecule has 0 aromatic carbocycles. The molecule has 5 heteroatoms. The molecule has 0 saturated carbocycles. The number of carbonyl (C=O) groups is 1. The lowest BCUT2D eigenvalue weighted by atomic mass is 9.99. The Kier molecular flexibility index (Phi) is 3.80. The molecule has 1 amide bonds. The van der Waals surface area contributed by atoms with E-state index in [2.05, 4.69) is 11.8 Å². The van der Waals surface area contributed by atoms with Gasteiger partial charge in [-0.25, -0.2) is 0 Å². The minimum atomic E-state index is -0.00544. The van der Waals surface area contributed by atoms with Gasteiger partial charge in [0, 0.05) is 27.2 Å². The van der Waals surface area contributed by atoms with E-state index in [1.54, 1.807) is 19.0 Å². The highest BCUT2D eigenvalue weighted by Gasteiger charge is 2.21. The number of carbonyl (C=O) groups excluding carboxylic acids is 1. The van der Waals surface area contributed by atoms with Crippen LogP contribution in [0.1, 0.15) is 29.4 Å². The normalized spacial score (nSPS) is 16.9. The average molecular weight is 267 g/mol. The van der Waals surface area contributed by atoms with Crippen molar-refractivity contribution in [1.29, 1.82) is 0 Å². The SMILES string of the molecule is CC1CCN(c2cc(N)c(C(=O)N(C)C)s2)CC1. The average Bonchev–Trinajstić information content (AvgIpc) is 2.71. The molecule has 1 fully saturated rings. The first-order valence-electron chi connectivity index (χ1n) is 6.35. The van der Waals surface area contributed by atoms with Crippen molar-refractivity contribution in [3.8, 4) is 0 Å². The van der Waals surface area contributed by atoms with E-state index in [9.17, 15) is 4.79 Å². The molecule has 2 N–H and O–H groups in total. The summed E-state index contributed by atoms with van der Waals surface area (Å²) >= 11 is 1.51. The molecule has 4 nitrogen and oxygen atoms in total. The molecule has 18 heavy (non-hydrogen) atoms. The topological polar surface area (TPSA) is 49.6 Å². The Bertz CT molecular complexity index is 433. The van der Waals surface area contributed by atoms with Gasteiger partial charge in [0.25, 0.3) is 5.91 Å². The van der Waals surface area contributed by atoms with Crippen LogP contribution in [0.15, 0.2) is 6.07 Å². The summed E-state index contributed by atoms with van der Waals surface area (Å²) in [6, 6.07) is 1.94. The van der Waals surface area contributed by atoms with Gasteiger partial charge >= 0.3 is 0 Å². The van der Waals surface area contributed by atoms with Crippen molar-refractivity contribution >= 4 is 27.9 Å². The molecule has 1 aromatic rings. The van der Waals surface area contributed by atoms with E-state index in [0.29, 0.717) is 10.6 Å². The second-order valence-corrected chi connectivity index (χ2v) is 6.27. The summed E-state index contributed by atoms with van der Waals surface area (Å²) in [5, 5.41) is 1.13. The summed E-state index contributed by atoms with van der Waals surface area (Å²) < 4.78 is 0. The van der Waals surface area contributed by atoms with Crippen LogP contribution in [-0.2, 0) is 0 Å². The van der Waals surface area contributed by atoms with Crippen LogP contribution >= 0.6 is 11.3 Å². The van der Waals surface area contributed by atoms with Crippen LogP contribution in [0, 0.1) is 5.92 Å². The van der Waals surface area contributed by atoms with Gasteiger partial charge in [-0.1, -0.05) is 6.92 Å². The minimum Gasteiger partial charge on any atom is -0.397 e. The Morgan fingerprint density at radius 1 is 1.44 bits per heavy atom. The maximum absolute atomic E-state index is 12.0. The van der Waals surface area contributed by atoms with Gasteiger partial charge in [0.1, 0.15) is 4.88 Å². The van der Waals surface area contributed by atoms with Gasteiger partial charge in [0.2, 0.25) is 0 Å². The minimum absolute atomic E-state index is 0.00544. The number of hydrogen-bond donors (Lipinski definition) is 1. The van der Waals surface area contributed by atoms with Crippen molar-refractivity contribution in [1.82, 2.24) is 4.90 Å². The molecule has 0 bridgehead atoms. The molecule has 2 rings (SSSR count). The van der Waals surface area contributed by atoms with Crippen LogP contribution in [0.5, 0.6) is 0 Å². The zero-order valence-corrected chi connectivity index (χ0v) is 12.1. The van der Waals surface area contributed by atoms with Crippen molar-refractivity contribution in [3.63, 3.8) is 0 Å². The molecule has 0 atom stereocenters. The van der Waals surface area contributed by atoms with Gasteiger partial charge in [0.15, 0.2) is 0 Å². The number of piperidine rings is 1. The van der Waals surface area contributed by atoms with Crippen LogP contribution in [-0.4, -0.2) is 38.0 Å². The number of thiophene rings is 1. The third-order valence-electron chi connectivity index (χ3n) is 3.44. The maximum atomic E-state index is 12.0. The number of anilines is 2. The number of nitrogens with two attached hydrogens (primary N) is 1. The molecule has 1 saturated heterocycles. The van der Waals surface area contributed by atoms with Crippen LogP contribution in [0.2, 0.25) is 0 Å². The second kappa shape index (κ2) is 5.18. The molecule has 100 valence electrons. The van der Waals surface area contributed by atoms with Crippen molar-refractivity contribution < 1.29 is 4.79 Å². The van der Waals surface area contributed by atoms with E-state index in [-0.39, 0.29) is 5.91 Å². The molecule has 1 aliphatic heterocycles. The second-order valence-electron chi connectivity index (χ2n) is 5.24. The highest BCUT2D eigenvalue weighted by atomic mass is 32.1. The Morgan fingerprint density at radius 2 is 2.06 bits per heavy atom. The summed E-state index contributed by atoms with van der Waals surface area (Å²) in [7, 11) is 3.51. The van der Waals surface area contributed by atoms with Crippen LogP contribution < -0.4 is 10.6 Å². The van der Waals surface area contributed by atoms with Gasteiger partial charge in [-0.05, 0) is 24.8 Å². The standard InChI is InChI=1S/C13H21N3OS/c1-9-4-6-16(7-5-9)11-8-10(14)12(18-11)13(17)15(2)3/h8-9H,4-7,14H2,1-3H3. The van der Waals surface area contributed by atoms with Crippen LogP contribution in [0.4, 0.5) is 10.7 Å². The fourth-order valence-corrected chi connectivity index (χ4v) is 3.30. The smallest absolute Gasteiger partial charge is 0.265 e. The first-order chi connectivity index (χ1) is 8.49. The predicted molar refractivity (Wildman–Crippen MR) is 77.4 cm³/mol. The van der Waals surface area contributed by atoms with E-state index in [1.165, 1.54) is 24.2 Å². The number of nitrogen functional groups attached to an aromatic ring is 1. The molecule has 0 unspecified atom stereocenters. The summed E-state index contributed by atoms with van der Waals surface area (Å²) in [6.45, 7) is 4.43. The molecular formula is C13H21N3OS. The summed E-state index contributed by atoms with van der Waals surface area (Å²) in [5.41, 5.74) is 6.55. The van der Waals surface area contributed by atoms with Gasteiger partial charge in [-0.2, -0.15) is 0 Å². The van der Waals surface area contributed by atoms with E-state index in [4.69, 9.17) is 5.73 Å². The van der Waals surface area contributed by atoms with E-state index in [1.807, 2.05) is 6.07 Å². The monoisotopic (exact) mass is 267 g/mol. The number of hydrogen-bond acceptors (Lipinski definition) is 4. The highest BCUT2D eigenvalue weighted by molar-refractivity contribution is 7.18. The Balaban J connectivity index is 2.16. The van der Waals surface area contributed by atoms with Crippen molar-refractivity contribution in [3.05, 3.63) is 10.9 Å². The van der Waals surface area contributed by atoms with Crippen molar-refractivity contribution in [2.75, 3.05) is 37.8 Å². The lowest BCUT2D eigenvalue weighted by molar-refractivity contribution is 0.0833. The third-order valence-corrected chi connectivity index (χ3v) is 4.64. The third kappa shape index (κ3) is 2.61. The van der Waals surface area contributed by atoms with Gasteiger partial charge in [-0.3, -0.25) is 4.79 Å². The number of nitrogens with zero attached hydrogens (tertiary/aromatic N) is 2. The number of amides is 1. The summed E-state index contributed by atoms with van der Waals surface area (Å²) in [6.07, 6.45) is 2.43. The van der Waals surface area contributed by atoms with E-state index < -0.39 is 0 Å². The van der Waals surface area contributed by atoms with Gasteiger partial charge in [-0.15, -0.1) is 11.3 Å². The molecule has 0 aliphatic carbocycles. The molecule has 1 aliphatic rings. The van der Waals surface area contributed by atoms with Crippen LogP contribution in [0.25, 0.3) is 0 Å². The first-order valence-corrected chi connectivity index (χ1v) is 7.16. The lowest BCUT2D eigenvalue weighted by Crippen LogP contribution is -2.32. The summed E-state index contributed by atoms with van der Waals surface area (Å²) in [4.78, 5) is 16.5. The summed E-state index contributed by atoms with van der Waals surface area (Å²) in [5.74, 6) is 0.801. The largest absolute Gasteiger partial charge is 0.397 e. The van der Waals surface area contributed by atoms with Gasteiger partial charge in [0.05, 0.1) is 10.7 Å². The van der Waals surface area contributed by atoms with Crippen LogP contribution in [0.3, 0.4) is 0 Å². The number of rotatable bonds is 2. The quantitative estimate of drug-likeness (QED) is 0.894. The fraction of sp³-hybridized carbons (Fsp3) is 0.615. The Labute approximate surface area is 112 Å². The fourth-order valence-electron chi connectivity index (χ4n) is 2.15.